The van der Waals surface area contributed by atoms with Crippen LogP contribution in [-0.4, -0.2) is 88.2 Å². The maximum Gasteiger partial charge on any atom is 0.315 e. The van der Waals surface area contributed by atoms with Gasteiger partial charge in [-0.1, -0.05) is 12.8 Å². The smallest absolute Gasteiger partial charge is 0.315 e. The second-order valence-corrected chi connectivity index (χ2v) is 15.3. The monoisotopic (exact) mass is 753 g/mol. The van der Waals surface area contributed by atoms with Crippen molar-refractivity contribution in [3.63, 3.8) is 0 Å². The number of nitrogens with one attached hydrogen (secondary N) is 3. The number of rotatable bonds is 16. The van der Waals surface area contributed by atoms with Crippen molar-refractivity contribution < 1.29 is 52.3 Å². The van der Waals surface area contributed by atoms with Crippen molar-refractivity contribution in [2.75, 3.05) is 47.0 Å². The number of benzene rings is 2. The van der Waals surface area contributed by atoms with Crippen molar-refractivity contribution in [2.24, 2.45) is 11.8 Å². The maximum atomic E-state index is 13.4. The molecule has 0 spiro atoms. The van der Waals surface area contributed by atoms with E-state index < -0.39 is 23.9 Å². The Morgan fingerprint density at radius 2 is 1.60 bits per heavy atom. The minimum Gasteiger partial charge on any atom is -0.493 e. The van der Waals surface area contributed by atoms with Gasteiger partial charge in [0.05, 0.1) is 45.9 Å². The molecule has 3 fully saturated rings. The minimum absolute atomic E-state index is 0.0294. The highest BCUT2D eigenvalue weighted by molar-refractivity contribution is 8.00. The molecule has 3 saturated heterocycles. The van der Waals surface area contributed by atoms with E-state index in [2.05, 4.69) is 16.0 Å². The van der Waals surface area contributed by atoms with Crippen LogP contribution in [0.2, 0.25) is 0 Å². The fourth-order valence-corrected chi connectivity index (χ4v) is 9.85. The lowest BCUT2D eigenvalue weighted by atomic mass is 9.66. The van der Waals surface area contributed by atoms with Crippen molar-refractivity contribution in [3.05, 3.63) is 41.0 Å². The van der Waals surface area contributed by atoms with Crippen LogP contribution < -0.4 is 39.6 Å². The Balaban J connectivity index is 0.930. The first-order chi connectivity index (χ1) is 25.8. The molecule has 7 atom stereocenters. The Kier molecular flexibility index (Phi) is 11.3. The zero-order chi connectivity index (χ0) is 37.1. The Morgan fingerprint density at radius 1 is 0.868 bits per heavy atom. The fraction of sp³-hybridized carbons (Fsp3) is 0.579. The van der Waals surface area contributed by atoms with Crippen molar-refractivity contribution in [2.45, 2.75) is 80.7 Å². The van der Waals surface area contributed by atoms with E-state index in [1.807, 2.05) is 36.0 Å². The summed E-state index contributed by atoms with van der Waals surface area (Å²) in [5.74, 6) is 1.08. The van der Waals surface area contributed by atoms with E-state index in [-0.39, 0.29) is 55.8 Å². The highest BCUT2D eigenvalue weighted by Crippen LogP contribution is 2.56. The first-order valence-electron chi connectivity index (χ1n) is 18.3. The SMILES string of the molecule is COc1cc([C@@H]2c3cc4c(cc3[C@H](OC(=O)CCCCCNC(=O)CCCC[C@@H]3SC[C@@H]5NC(=O)N[C@@H]53)[C@H]3COC(=O)[C@H]23)OCO4)cc(OC)c1OC. The topological polar surface area (TPSA) is 169 Å². The molecule has 0 unspecified atom stereocenters. The Labute approximate surface area is 312 Å². The first kappa shape index (κ1) is 36.8. The summed E-state index contributed by atoms with van der Waals surface area (Å²) in [5.41, 5.74) is 2.25. The van der Waals surface area contributed by atoms with E-state index in [1.54, 1.807) is 0 Å². The van der Waals surface area contributed by atoms with Crippen molar-refractivity contribution >= 4 is 35.6 Å². The number of methoxy groups -OCH3 is 3. The summed E-state index contributed by atoms with van der Waals surface area (Å²) in [7, 11) is 4.61. The van der Waals surface area contributed by atoms with Gasteiger partial charge in [0.15, 0.2) is 23.0 Å². The molecular weight excluding hydrogens is 706 g/mol. The van der Waals surface area contributed by atoms with Gasteiger partial charge in [-0.15, -0.1) is 0 Å². The van der Waals surface area contributed by atoms with Crippen LogP contribution in [0, 0.1) is 11.8 Å². The third-order valence-corrected chi connectivity index (χ3v) is 12.4. The molecule has 15 heteroatoms. The molecule has 3 amide bonds. The summed E-state index contributed by atoms with van der Waals surface area (Å²) in [6, 6.07) is 7.69. The number of carbonyl (C=O) groups is 4. The highest BCUT2D eigenvalue weighted by Gasteiger charge is 2.54. The molecule has 5 aliphatic rings. The van der Waals surface area contributed by atoms with Crippen molar-refractivity contribution in [3.8, 4) is 28.7 Å². The Morgan fingerprint density at radius 3 is 2.34 bits per heavy atom. The lowest BCUT2D eigenvalue weighted by Crippen LogP contribution is -2.36. The Hall–Kier alpha value is -4.53. The van der Waals surface area contributed by atoms with E-state index in [9.17, 15) is 19.2 Å². The number of fused-ring (bicyclic) bond motifs is 4. The zero-order valence-electron chi connectivity index (χ0n) is 30.2. The molecule has 53 heavy (non-hydrogen) atoms. The predicted molar refractivity (Wildman–Crippen MR) is 193 cm³/mol. The lowest BCUT2D eigenvalue weighted by molar-refractivity contribution is -0.154. The van der Waals surface area contributed by atoms with Crippen LogP contribution >= 0.6 is 11.8 Å². The van der Waals surface area contributed by atoms with Gasteiger partial charge in [0.25, 0.3) is 0 Å². The fourth-order valence-electron chi connectivity index (χ4n) is 8.31. The van der Waals surface area contributed by atoms with Crippen LogP contribution in [0.1, 0.15) is 80.1 Å². The average molecular weight is 754 g/mol. The molecule has 0 radical (unpaired) electrons. The third kappa shape index (κ3) is 7.62. The first-order valence-corrected chi connectivity index (χ1v) is 19.4. The van der Waals surface area contributed by atoms with E-state index in [0.29, 0.717) is 53.4 Å². The number of hydrogen-bond donors (Lipinski definition) is 3. The molecule has 0 saturated carbocycles. The van der Waals surface area contributed by atoms with Gasteiger partial charge in [0.2, 0.25) is 18.4 Å². The van der Waals surface area contributed by atoms with Crippen LogP contribution in [0.5, 0.6) is 28.7 Å². The van der Waals surface area contributed by atoms with Crippen LogP contribution in [0.3, 0.4) is 0 Å². The molecule has 3 N–H and O–H groups in total. The second kappa shape index (κ2) is 16.2. The number of ether oxygens (including phenoxy) is 7. The highest BCUT2D eigenvalue weighted by atomic mass is 32.2. The maximum absolute atomic E-state index is 13.4. The standard InChI is InChI=1S/C38H47N3O11S/c1-46-27-13-20(14-28(47-2)36(27)48-3)32-21-15-25-26(51-19-50-25)16-22(21)35(23-17-49-37(44)33(23)32)52-31(43)11-5-4-8-12-39-30(42)10-7-6-9-29-34-24(18-53-29)40-38(45)41-34/h13-16,23-24,29,32-35H,4-12,17-19H2,1-3H3,(H,39,42)(H2,40,41,45)/t23-,24-,29-,32+,33-,34-,35-/m0/s1. The number of carbonyl (C=O) groups excluding carboxylic acids is 4. The van der Waals surface area contributed by atoms with Gasteiger partial charge in [-0.3, -0.25) is 14.4 Å². The van der Waals surface area contributed by atoms with Crippen LogP contribution in [0.25, 0.3) is 0 Å². The van der Waals surface area contributed by atoms with Gasteiger partial charge in [-0.2, -0.15) is 11.8 Å². The number of thioether (sulfide) groups is 1. The number of amides is 3. The van der Waals surface area contributed by atoms with Crippen LogP contribution in [0.4, 0.5) is 4.79 Å². The molecular formula is C38H47N3O11S. The Bertz CT molecular complexity index is 1700. The van der Waals surface area contributed by atoms with Crippen molar-refractivity contribution in [1.82, 2.24) is 16.0 Å². The van der Waals surface area contributed by atoms with E-state index in [4.69, 9.17) is 33.2 Å². The molecule has 0 bridgehead atoms. The largest absolute Gasteiger partial charge is 0.493 e. The summed E-state index contributed by atoms with van der Waals surface area (Å²) < 4.78 is 40.1. The minimum atomic E-state index is -0.733. The number of cyclic esters (lactones) is 1. The lowest BCUT2D eigenvalue weighted by Gasteiger charge is -2.38. The molecule has 286 valence electrons. The number of hydrogen-bond acceptors (Lipinski definition) is 12. The summed E-state index contributed by atoms with van der Waals surface area (Å²) >= 11 is 1.89. The molecule has 4 aliphatic heterocycles. The third-order valence-electron chi connectivity index (χ3n) is 10.9. The summed E-state index contributed by atoms with van der Waals surface area (Å²) in [5, 5.41) is 9.35. The summed E-state index contributed by atoms with van der Waals surface area (Å²) in [6.45, 7) is 0.710. The molecule has 0 aromatic heterocycles. The number of urea groups is 1. The van der Waals surface area contributed by atoms with E-state index in [0.717, 1.165) is 54.5 Å². The van der Waals surface area contributed by atoms with Gasteiger partial charge in [0, 0.05) is 47.8 Å². The predicted octanol–water partition coefficient (Wildman–Crippen LogP) is 4.36. The van der Waals surface area contributed by atoms with Crippen molar-refractivity contribution in [1.29, 1.82) is 0 Å². The number of unbranched alkanes of at least 4 members (excludes halogenated alkanes) is 3. The van der Waals surface area contributed by atoms with E-state index >= 15 is 0 Å². The normalized spacial score (nSPS) is 26.1. The van der Waals surface area contributed by atoms with Crippen LogP contribution in [0.15, 0.2) is 24.3 Å². The molecule has 2 aromatic rings. The molecule has 14 nitrogen and oxygen atoms in total. The summed E-state index contributed by atoms with van der Waals surface area (Å²) in [6.07, 6.45) is 4.75. The zero-order valence-corrected chi connectivity index (χ0v) is 31.1. The summed E-state index contributed by atoms with van der Waals surface area (Å²) in [4.78, 5) is 50.7. The van der Waals surface area contributed by atoms with Gasteiger partial charge < -0.3 is 49.1 Å². The average Bonchev–Trinajstić information content (AvgIpc) is 3.95. The number of esters is 2. The van der Waals surface area contributed by atoms with Gasteiger partial charge in [-0.05, 0) is 61.1 Å². The van der Waals surface area contributed by atoms with Gasteiger partial charge in [0.1, 0.15) is 6.10 Å². The molecule has 1 aliphatic carbocycles. The molecule has 2 aromatic carbocycles. The second-order valence-electron chi connectivity index (χ2n) is 14.0. The van der Waals surface area contributed by atoms with Gasteiger partial charge >= 0.3 is 18.0 Å². The van der Waals surface area contributed by atoms with Crippen LogP contribution in [-0.2, 0) is 23.9 Å². The van der Waals surface area contributed by atoms with E-state index in [1.165, 1.54) is 21.3 Å². The quantitative estimate of drug-likeness (QED) is 0.126. The molecule has 7 rings (SSSR count). The molecule has 4 heterocycles. The van der Waals surface area contributed by atoms with Gasteiger partial charge in [-0.25, -0.2) is 4.79 Å².